The van der Waals surface area contributed by atoms with E-state index < -0.39 is 12.0 Å². The first kappa shape index (κ1) is 15.0. The van der Waals surface area contributed by atoms with E-state index in [1.165, 1.54) is 0 Å². The number of phenolic OH excluding ortho intramolecular Hbond substituents is 1. The van der Waals surface area contributed by atoms with E-state index in [2.05, 4.69) is 21.2 Å². The van der Waals surface area contributed by atoms with Crippen molar-refractivity contribution in [3.63, 3.8) is 0 Å². The van der Waals surface area contributed by atoms with Crippen LogP contribution >= 0.6 is 15.9 Å². The number of carboxylic acids is 1. The van der Waals surface area contributed by atoms with Crippen molar-refractivity contribution in [1.29, 1.82) is 0 Å². The first-order chi connectivity index (χ1) is 8.40. The van der Waals surface area contributed by atoms with E-state index in [-0.39, 0.29) is 5.75 Å². The Morgan fingerprint density at radius 1 is 1.44 bits per heavy atom. The molecule has 0 saturated carbocycles. The second-order valence-electron chi connectivity index (χ2n) is 4.67. The molecule has 18 heavy (non-hydrogen) atoms. The zero-order valence-corrected chi connectivity index (χ0v) is 12.1. The summed E-state index contributed by atoms with van der Waals surface area (Å²) in [4.78, 5) is 11.1. The molecule has 0 aromatic heterocycles. The second-order valence-corrected chi connectivity index (χ2v) is 5.59. The molecule has 3 N–H and O–H groups in total. The summed E-state index contributed by atoms with van der Waals surface area (Å²) in [7, 11) is 0. The minimum atomic E-state index is -0.863. The lowest BCUT2D eigenvalue weighted by Crippen LogP contribution is -2.37. The number of carboxylic acid groups (broad SMARTS) is 1. The largest absolute Gasteiger partial charge is 0.508 e. The van der Waals surface area contributed by atoms with Gasteiger partial charge in [-0.25, -0.2) is 0 Å². The Morgan fingerprint density at radius 2 is 2.11 bits per heavy atom. The van der Waals surface area contributed by atoms with Crippen LogP contribution in [-0.2, 0) is 11.3 Å². The first-order valence-corrected chi connectivity index (χ1v) is 6.63. The maximum atomic E-state index is 11.1. The van der Waals surface area contributed by atoms with Crippen LogP contribution in [0.5, 0.6) is 5.75 Å². The number of halogens is 1. The number of rotatable bonds is 6. The van der Waals surface area contributed by atoms with Gasteiger partial charge in [0.05, 0.1) is 0 Å². The Kier molecular flexibility index (Phi) is 5.62. The number of hydrogen-bond donors (Lipinski definition) is 3. The molecule has 1 aromatic carbocycles. The van der Waals surface area contributed by atoms with E-state index in [4.69, 9.17) is 5.11 Å². The average molecular weight is 316 g/mol. The SMILES string of the molecule is CC(C)C[C@H](NCc1cc(Br)ccc1O)C(=O)O. The summed E-state index contributed by atoms with van der Waals surface area (Å²) >= 11 is 3.32. The van der Waals surface area contributed by atoms with Crippen LogP contribution in [0.3, 0.4) is 0 Å². The highest BCUT2D eigenvalue weighted by atomic mass is 79.9. The molecule has 0 radical (unpaired) electrons. The topological polar surface area (TPSA) is 69.6 Å². The van der Waals surface area contributed by atoms with Gasteiger partial charge in [-0.1, -0.05) is 29.8 Å². The molecule has 0 fully saturated rings. The molecular weight excluding hydrogens is 298 g/mol. The highest BCUT2D eigenvalue weighted by Crippen LogP contribution is 2.21. The van der Waals surface area contributed by atoms with E-state index in [1.54, 1.807) is 18.2 Å². The van der Waals surface area contributed by atoms with Crippen molar-refractivity contribution < 1.29 is 15.0 Å². The molecule has 0 unspecified atom stereocenters. The molecule has 1 rings (SSSR count). The Hall–Kier alpha value is -1.07. The van der Waals surface area contributed by atoms with E-state index in [0.717, 1.165) is 4.47 Å². The Bertz CT molecular complexity index is 421. The van der Waals surface area contributed by atoms with Gasteiger partial charge in [-0.15, -0.1) is 0 Å². The van der Waals surface area contributed by atoms with Crippen LogP contribution in [-0.4, -0.2) is 22.2 Å². The first-order valence-electron chi connectivity index (χ1n) is 5.83. The fourth-order valence-electron chi connectivity index (χ4n) is 1.67. The third-order valence-corrected chi connectivity index (χ3v) is 3.08. The molecule has 0 heterocycles. The van der Waals surface area contributed by atoms with Crippen LogP contribution < -0.4 is 5.32 Å². The number of aliphatic carboxylic acids is 1. The van der Waals surface area contributed by atoms with E-state index in [0.29, 0.717) is 24.4 Å². The number of hydrogen-bond acceptors (Lipinski definition) is 3. The minimum absolute atomic E-state index is 0.166. The molecule has 4 nitrogen and oxygen atoms in total. The highest BCUT2D eigenvalue weighted by Gasteiger charge is 2.18. The maximum absolute atomic E-state index is 11.1. The van der Waals surface area contributed by atoms with Crippen molar-refractivity contribution in [2.75, 3.05) is 0 Å². The molecule has 0 aliphatic carbocycles. The van der Waals surface area contributed by atoms with Crippen molar-refractivity contribution in [3.05, 3.63) is 28.2 Å². The molecule has 1 aromatic rings. The van der Waals surface area contributed by atoms with Gasteiger partial charge in [0.15, 0.2) is 0 Å². The van der Waals surface area contributed by atoms with Crippen LogP contribution in [0.25, 0.3) is 0 Å². The van der Waals surface area contributed by atoms with Gasteiger partial charge in [-0.3, -0.25) is 4.79 Å². The molecule has 1 atom stereocenters. The van der Waals surface area contributed by atoms with Gasteiger partial charge in [-0.2, -0.15) is 0 Å². The number of carbonyl (C=O) groups is 1. The van der Waals surface area contributed by atoms with E-state index in [9.17, 15) is 9.90 Å². The van der Waals surface area contributed by atoms with Crippen molar-refractivity contribution in [3.8, 4) is 5.75 Å². The Labute approximate surface area is 115 Å². The third kappa shape index (κ3) is 4.66. The van der Waals surface area contributed by atoms with Crippen molar-refractivity contribution in [1.82, 2.24) is 5.32 Å². The molecule has 0 amide bonds. The zero-order valence-electron chi connectivity index (χ0n) is 10.5. The summed E-state index contributed by atoms with van der Waals surface area (Å²) in [5.41, 5.74) is 0.680. The highest BCUT2D eigenvalue weighted by molar-refractivity contribution is 9.10. The number of nitrogens with one attached hydrogen (secondary N) is 1. The summed E-state index contributed by atoms with van der Waals surface area (Å²) in [6.07, 6.45) is 0.560. The minimum Gasteiger partial charge on any atom is -0.508 e. The summed E-state index contributed by atoms with van der Waals surface area (Å²) in [6, 6.07) is 4.50. The predicted octanol–water partition coefficient (Wildman–Crippen LogP) is 2.74. The van der Waals surface area contributed by atoms with Gasteiger partial charge in [0.25, 0.3) is 0 Å². The molecule has 5 heteroatoms. The third-order valence-electron chi connectivity index (χ3n) is 2.59. The van der Waals surface area contributed by atoms with Crippen LogP contribution in [0, 0.1) is 5.92 Å². The van der Waals surface area contributed by atoms with Gasteiger partial charge < -0.3 is 15.5 Å². The number of aromatic hydroxyl groups is 1. The van der Waals surface area contributed by atoms with Gasteiger partial charge in [-0.05, 0) is 30.5 Å². The molecule has 0 saturated heterocycles. The normalized spacial score (nSPS) is 12.7. The van der Waals surface area contributed by atoms with Gasteiger partial charge in [0.1, 0.15) is 11.8 Å². The second kappa shape index (κ2) is 6.75. The molecule has 0 aliphatic heterocycles. The molecule has 0 aliphatic rings. The smallest absolute Gasteiger partial charge is 0.320 e. The van der Waals surface area contributed by atoms with Crippen molar-refractivity contribution in [2.24, 2.45) is 5.92 Å². The lowest BCUT2D eigenvalue weighted by Gasteiger charge is -2.17. The fourth-order valence-corrected chi connectivity index (χ4v) is 2.08. The lowest BCUT2D eigenvalue weighted by molar-refractivity contribution is -0.140. The van der Waals surface area contributed by atoms with E-state index >= 15 is 0 Å². The molecule has 100 valence electrons. The Balaban J connectivity index is 2.66. The van der Waals surface area contributed by atoms with Gasteiger partial charge in [0.2, 0.25) is 0 Å². The number of phenols is 1. The molecular formula is C13H18BrNO3. The van der Waals surface area contributed by atoms with Crippen LogP contribution in [0.2, 0.25) is 0 Å². The molecule has 0 spiro atoms. The fraction of sp³-hybridized carbons (Fsp3) is 0.462. The zero-order chi connectivity index (χ0) is 13.7. The standard InChI is InChI=1S/C13H18BrNO3/c1-8(2)5-11(13(17)18)15-7-9-6-10(14)3-4-12(9)16/h3-4,6,8,11,15-16H,5,7H2,1-2H3,(H,17,18)/t11-/m0/s1. The monoisotopic (exact) mass is 315 g/mol. The van der Waals surface area contributed by atoms with Crippen molar-refractivity contribution >= 4 is 21.9 Å². The average Bonchev–Trinajstić information content (AvgIpc) is 2.27. The van der Waals surface area contributed by atoms with Crippen molar-refractivity contribution in [2.45, 2.75) is 32.9 Å². The van der Waals surface area contributed by atoms with Crippen LogP contribution in [0.15, 0.2) is 22.7 Å². The maximum Gasteiger partial charge on any atom is 0.320 e. The molecule has 0 bridgehead atoms. The van der Waals surface area contributed by atoms with Gasteiger partial charge >= 0.3 is 5.97 Å². The number of benzene rings is 1. The summed E-state index contributed by atoms with van der Waals surface area (Å²) < 4.78 is 0.854. The van der Waals surface area contributed by atoms with Gasteiger partial charge in [0, 0.05) is 16.6 Å². The Morgan fingerprint density at radius 3 is 2.67 bits per heavy atom. The summed E-state index contributed by atoms with van der Waals surface area (Å²) in [5.74, 6) is -0.396. The summed E-state index contributed by atoms with van der Waals surface area (Å²) in [5, 5.41) is 21.7. The summed E-state index contributed by atoms with van der Waals surface area (Å²) in [6.45, 7) is 4.29. The quantitative estimate of drug-likeness (QED) is 0.755. The van der Waals surface area contributed by atoms with E-state index in [1.807, 2.05) is 13.8 Å². The van der Waals surface area contributed by atoms with Crippen LogP contribution in [0.4, 0.5) is 0 Å². The predicted molar refractivity (Wildman–Crippen MR) is 73.5 cm³/mol. The van der Waals surface area contributed by atoms with Crippen LogP contribution in [0.1, 0.15) is 25.8 Å². The lowest BCUT2D eigenvalue weighted by atomic mass is 10.0.